The number of hydrogen-bond donors (Lipinski definition) is 2. The van der Waals surface area contributed by atoms with Crippen LogP contribution in [-0.4, -0.2) is 36.3 Å². The summed E-state index contributed by atoms with van der Waals surface area (Å²) in [6.45, 7) is 1.49. The topological polar surface area (TPSA) is 121 Å². The summed E-state index contributed by atoms with van der Waals surface area (Å²) in [6, 6.07) is 3.18. The van der Waals surface area contributed by atoms with Gasteiger partial charge in [-0.2, -0.15) is 41.4 Å². The van der Waals surface area contributed by atoms with E-state index in [4.69, 9.17) is 5.26 Å². The lowest BCUT2D eigenvalue weighted by molar-refractivity contribution is -0.141. The van der Waals surface area contributed by atoms with Gasteiger partial charge in [-0.05, 0) is 36.9 Å². The predicted molar refractivity (Wildman–Crippen MR) is 106 cm³/mol. The molecule has 2 amide bonds. The van der Waals surface area contributed by atoms with E-state index in [-0.39, 0.29) is 17.7 Å². The maximum absolute atomic E-state index is 12.9. The van der Waals surface area contributed by atoms with Crippen LogP contribution in [0.2, 0.25) is 0 Å². The van der Waals surface area contributed by atoms with E-state index in [9.17, 15) is 31.1 Å². The van der Waals surface area contributed by atoms with Crippen LogP contribution >= 0.6 is 11.8 Å². The van der Waals surface area contributed by atoms with Crippen LogP contribution in [-0.2, 0) is 6.18 Å². The fourth-order valence-electron chi connectivity index (χ4n) is 2.61. The molecule has 3 aromatic rings. The Morgan fingerprint density at radius 3 is 2.47 bits per heavy atom. The highest BCUT2D eigenvalue weighted by atomic mass is 32.2. The van der Waals surface area contributed by atoms with Crippen molar-refractivity contribution in [3.63, 3.8) is 0 Å². The summed E-state index contributed by atoms with van der Waals surface area (Å²) in [5.41, 5.74) is -6.72. The van der Waals surface area contributed by atoms with Gasteiger partial charge in [0.25, 0.3) is 0 Å². The standard InChI is InChI=1S/C18H12F6N8OS/c1-9(15-28-8-29-32(15)14-3-2-10(5-25)6-27-14)30-16(33)31-11-7-26-13(17(19,20)21)4-12(11)34-18(22,23)24/h2-4,6-9H,1H3,(H2,30,31,33). The molecule has 2 N–H and O–H groups in total. The Morgan fingerprint density at radius 2 is 1.88 bits per heavy atom. The summed E-state index contributed by atoms with van der Waals surface area (Å²) in [4.78, 5) is 22.6. The Morgan fingerprint density at radius 1 is 1.15 bits per heavy atom. The number of aromatic nitrogens is 5. The summed E-state index contributed by atoms with van der Waals surface area (Å²) in [7, 11) is 0. The molecule has 3 aromatic heterocycles. The molecule has 1 atom stereocenters. The fourth-order valence-corrected chi connectivity index (χ4v) is 3.25. The zero-order valence-corrected chi connectivity index (χ0v) is 17.6. The van der Waals surface area contributed by atoms with Crippen molar-refractivity contribution < 1.29 is 31.1 Å². The molecule has 3 heterocycles. The van der Waals surface area contributed by atoms with E-state index in [1.807, 2.05) is 6.07 Å². The number of nitrogens with zero attached hydrogens (tertiary/aromatic N) is 6. The second kappa shape index (κ2) is 9.55. The van der Waals surface area contributed by atoms with Gasteiger partial charge in [0.2, 0.25) is 0 Å². The third-order valence-corrected chi connectivity index (χ3v) is 4.82. The molecular weight excluding hydrogens is 490 g/mol. The van der Waals surface area contributed by atoms with Gasteiger partial charge >= 0.3 is 17.7 Å². The van der Waals surface area contributed by atoms with E-state index in [0.29, 0.717) is 11.8 Å². The van der Waals surface area contributed by atoms with Crippen LogP contribution in [0.15, 0.2) is 41.8 Å². The van der Waals surface area contributed by atoms with Crippen molar-refractivity contribution >= 4 is 23.5 Å². The lowest BCUT2D eigenvalue weighted by Crippen LogP contribution is -2.33. The van der Waals surface area contributed by atoms with Gasteiger partial charge in [0, 0.05) is 11.1 Å². The summed E-state index contributed by atoms with van der Waals surface area (Å²) < 4.78 is 78.3. The average Bonchev–Trinajstić information content (AvgIpc) is 3.23. The van der Waals surface area contributed by atoms with Crippen molar-refractivity contribution in [3.05, 3.63) is 54.0 Å². The number of amides is 2. The molecule has 0 aliphatic rings. The Labute approximate surface area is 191 Å². The third-order valence-electron chi connectivity index (χ3n) is 4.03. The summed E-state index contributed by atoms with van der Waals surface area (Å²) in [5.74, 6) is 0.458. The van der Waals surface area contributed by atoms with Crippen LogP contribution in [0.4, 0.5) is 36.8 Å². The molecule has 0 aliphatic carbocycles. The predicted octanol–water partition coefficient (Wildman–Crippen LogP) is 4.44. The Bertz CT molecular complexity index is 1220. The van der Waals surface area contributed by atoms with Crippen LogP contribution < -0.4 is 10.6 Å². The molecule has 34 heavy (non-hydrogen) atoms. The number of alkyl halides is 6. The fraction of sp³-hybridized carbons (Fsp3) is 0.222. The second-order valence-corrected chi connectivity index (χ2v) is 7.59. The van der Waals surface area contributed by atoms with E-state index < -0.39 is 51.8 Å². The van der Waals surface area contributed by atoms with Gasteiger partial charge in [-0.15, -0.1) is 0 Å². The zero-order chi connectivity index (χ0) is 25.1. The van der Waals surface area contributed by atoms with Crippen LogP contribution in [0.1, 0.15) is 30.0 Å². The van der Waals surface area contributed by atoms with Crippen molar-refractivity contribution in [1.82, 2.24) is 30.0 Å². The third kappa shape index (κ3) is 6.13. The number of anilines is 1. The highest BCUT2D eigenvalue weighted by Gasteiger charge is 2.36. The molecule has 0 fully saturated rings. The van der Waals surface area contributed by atoms with Gasteiger partial charge in [-0.1, -0.05) is 0 Å². The molecule has 3 rings (SSSR count). The van der Waals surface area contributed by atoms with E-state index in [0.717, 1.165) is 0 Å². The maximum atomic E-state index is 12.9. The van der Waals surface area contributed by atoms with E-state index in [1.165, 1.54) is 36.3 Å². The number of rotatable bonds is 5. The number of carbonyl (C=O) groups is 1. The Kier molecular flexibility index (Phi) is 6.96. The minimum absolute atomic E-state index is 0.183. The first-order valence-electron chi connectivity index (χ1n) is 9.04. The van der Waals surface area contributed by atoms with Crippen molar-refractivity contribution in [3.8, 4) is 11.9 Å². The SMILES string of the molecule is CC(NC(=O)Nc1cnc(C(F)(F)F)cc1SC(F)(F)F)c1ncnn1-c1ccc(C#N)cn1. The van der Waals surface area contributed by atoms with Crippen LogP contribution in [0, 0.1) is 11.3 Å². The molecule has 16 heteroatoms. The van der Waals surface area contributed by atoms with Gasteiger partial charge in [-0.25, -0.2) is 19.7 Å². The number of carbonyl (C=O) groups excluding carboxylic acids is 1. The molecular formula is C18H12F6N8OS. The number of nitriles is 1. The molecule has 0 radical (unpaired) electrons. The quantitative estimate of drug-likeness (QED) is 0.391. The van der Waals surface area contributed by atoms with Crippen LogP contribution in [0.25, 0.3) is 5.82 Å². The smallest absolute Gasteiger partial charge is 0.328 e. The second-order valence-electron chi connectivity index (χ2n) is 6.48. The largest absolute Gasteiger partial charge is 0.446 e. The van der Waals surface area contributed by atoms with Crippen LogP contribution in [0.3, 0.4) is 0 Å². The zero-order valence-electron chi connectivity index (χ0n) is 16.8. The number of pyridine rings is 2. The number of thioether (sulfide) groups is 1. The van der Waals surface area contributed by atoms with Gasteiger partial charge < -0.3 is 10.6 Å². The molecule has 9 nitrogen and oxygen atoms in total. The molecule has 0 aromatic carbocycles. The van der Waals surface area contributed by atoms with Crippen LogP contribution in [0.5, 0.6) is 0 Å². The number of urea groups is 1. The van der Waals surface area contributed by atoms with Gasteiger partial charge in [0.1, 0.15) is 18.1 Å². The maximum Gasteiger partial charge on any atom is 0.446 e. The molecule has 0 saturated heterocycles. The lowest BCUT2D eigenvalue weighted by Gasteiger charge is -2.17. The highest BCUT2D eigenvalue weighted by Crippen LogP contribution is 2.42. The van der Waals surface area contributed by atoms with Gasteiger partial charge in [0.15, 0.2) is 11.6 Å². The monoisotopic (exact) mass is 502 g/mol. The molecule has 0 spiro atoms. The Hall–Kier alpha value is -3.87. The molecule has 178 valence electrons. The van der Waals surface area contributed by atoms with Crippen molar-refractivity contribution in [1.29, 1.82) is 5.26 Å². The van der Waals surface area contributed by atoms with Gasteiger partial charge in [-0.3, -0.25) is 0 Å². The van der Waals surface area contributed by atoms with Crippen molar-refractivity contribution in [2.75, 3.05) is 5.32 Å². The summed E-state index contributed by atoms with van der Waals surface area (Å²) >= 11 is -0.821. The normalized spacial score (nSPS) is 12.6. The molecule has 0 bridgehead atoms. The van der Waals surface area contributed by atoms with E-state index >= 15 is 0 Å². The van der Waals surface area contributed by atoms with E-state index in [2.05, 4.69) is 30.7 Å². The number of halogens is 6. The minimum atomic E-state index is -4.97. The lowest BCUT2D eigenvalue weighted by atomic mass is 10.3. The van der Waals surface area contributed by atoms with Gasteiger partial charge in [0.05, 0.1) is 23.5 Å². The molecule has 0 aliphatic heterocycles. The molecule has 1 unspecified atom stereocenters. The molecule has 0 saturated carbocycles. The first-order chi connectivity index (χ1) is 15.9. The first kappa shape index (κ1) is 24.8. The first-order valence-corrected chi connectivity index (χ1v) is 9.86. The van der Waals surface area contributed by atoms with E-state index in [1.54, 1.807) is 0 Å². The highest BCUT2D eigenvalue weighted by molar-refractivity contribution is 8.00. The number of nitrogens with one attached hydrogen (secondary N) is 2. The summed E-state index contributed by atoms with van der Waals surface area (Å²) in [5, 5.41) is 17.3. The minimum Gasteiger partial charge on any atom is -0.328 e. The summed E-state index contributed by atoms with van der Waals surface area (Å²) in [6.07, 6.45) is -2.02. The average molecular weight is 502 g/mol. The Balaban J connectivity index is 1.78. The van der Waals surface area contributed by atoms with Crippen molar-refractivity contribution in [2.45, 2.75) is 29.5 Å². The van der Waals surface area contributed by atoms with Crippen molar-refractivity contribution in [2.24, 2.45) is 0 Å². The number of hydrogen-bond acceptors (Lipinski definition) is 7.